The number of allylic oxidation sites excluding steroid dienone is 1. The number of carbonyl (C=O) groups is 2. The second-order valence-corrected chi connectivity index (χ2v) is 6.71. The van der Waals surface area contributed by atoms with Crippen LogP contribution in [0, 0.1) is 0 Å². The van der Waals surface area contributed by atoms with Crippen LogP contribution in [-0.2, 0) is 9.59 Å². The molecule has 0 aliphatic carbocycles. The van der Waals surface area contributed by atoms with E-state index in [0.29, 0.717) is 40.0 Å². The van der Waals surface area contributed by atoms with Crippen LogP contribution in [0.1, 0.15) is 24.3 Å². The Kier molecular flexibility index (Phi) is 4.23. The zero-order valence-electron chi connectivity index (χ0n) is 12.8. The molecule has 0 spiro atoms. The van der Waals surface area contributed by atoms with Crippen molar-refractivity contribution in [1.82, 2.24) is 4.90 Å². The SMILES string of the molecule is COc1ccc(Cl)c(Cl)c1[C@H]1CC2=CC(O)(C(=O)O)CC(=O)N2C1. The van der Waals surface area contributed by atoms with E-state index in [4.69, 9.17) is 33.0 Å². The lowest BCUT2D eigenvalue weighted by Crippen LogP contribution is -2.46. The summed E-state index contributed by atoms with van der Waals surface area (Å²) in [6.07, 6.45) is 1.11. The Labute approximate surface area is 148 Å². The number of rotatable bonds is 3. The van der Waals surface area contributed by atoms with Gasteiger partial charge in [-0.1, -0.05) is 23.2 Å². The zero-order chi connectivity index (χ0) is 17.6. The third-order valence-corrected chi connectivity index (χ3v) is 5.24. The predicted molar refractivity (Wildman–Crippen MR) is 87.4 cm³/mol. The Hall–Kier alpha value is -1.76. The first kappa shape index (κ1) is 17.1. The van der Waals surface area contributed by atoms with Crippen molar-refractivity contribution in [2.75, 3.05) is 13.7 Å². The van der Waals surface area contributed by atoms with Crippen molar-refractivity contribution in [3.63, 3.8) is 0 Å². The number of benzene rings is 1. The number of halogens is 2. The fraction of sp³-hybridized carbons (Fsp3) is 0.375. The average Bonchev–Trinajstić information content (AvgIpc) is 2.93. The molecule has 2 aliphatic rings. The molecule has 2 heterocycles. The molecule has 3 rings (SSSR count). The normalized spacial score (nSPS) is 26.2. The highest BCUT2D eigenvalue weighted by atomic mass is 35.5. The second-order valence-electron chi connectivity index (χ2n) is 5.92. The number of fused-ring (bicyclic) bond motifs is 1. The Morgan fingerprint density at radius 1 is 1.42 bits per heavy atom. The molecule has 1 unspecified atom stereocenters. The molecule has 0 radical (unpaired) electrons. The highest BCUT2D eigenvalue weighted by Gasteiger charge is 2.46. The fourth-order valence-electron chi connectivity index (χ4n) is 3.25. The molecule has 24 heavy (non-hydrogen) atoms. The van der Waals surface area contributed by atoms with Gasteiger partial charge in [0.05, 0.1) is 23.6 Å². The maximum atomic E-state index is 12.3. The van der Waals surface area contributed by atoms with E-state index in [1.165, 1.54) is 18.1 Å². The molecule has 128 valence electrons. The maximum absolute atomic E-state index is 12.3. The number of hydrogen-bond donors (Lipinski definition) is 2. The van der Waals surface area contributed by atoms with Gasteiger partial charge < -0.3 is 19.8 Å². The number of aliphatic carboxylic acids is 1. The van der Waals surface area contributed by atoms with Crippen LogP contribution in [0.2, 0.25) is 10.0 Å². The van der Waals surface area contributed by atoms with Crippen LogP contribution in [-0.4, -0.2) is 46.2 Å². The number of carboxylic acids is 1. The summed E-state index contributed by atoms with van der Waals surface area (Å²) >= 11 is 12.4. The van der Waals surface area contributed by atoms with E-state index in [9.17, 15) is 14.7 Å². The average molecular weight is 372 g/mol. The first-order chi connectivity index (χ1) is 11.3. The van der Waals surface area contributed by atoms with Crippen LogP contribution in [0.4, 0.5) is 0 Å². The lowest BCUT2D eigenvalue weighted by molar-refractivity contribution is -0.159. The van der Waals surface area contributed by atoms with E-state index in [-0.39, 0.29) is 5.92 Å². The van der Waals surface area contributed by atoms with E-state index in [0.717, 1.165) is 0 Å². The third kappa shape index (κ3) is 2.64. The summed E-state index contributed by atoms with van der Waals surface area (Å²) in [5, 5.41) is 20.0. The topological polar surface area (TPSA) is 87.1 Å². The molecule has 0 saturated carbocycles. The molecule has 0 aromatic heterocycles. The number of aliphatic hydroxyl groups is 1. The van der Waals surface area contributed by atoms with Gasteiger partial charge in [-0.2, -0.15) is 0 Å². The van der Waals surface area contributed by atoms with Gasteiger partial charge in [0.2, 0.25) is 5.91 Å². The van der Waals surface area contributed by atoms with E-state index in [1.54, 1.807) is 12.1 Å². The van der Waals surface area contributed by atoms with Crippen LogP contribution in [0.5, 0.6) is 5.75 Å². The number of hydrogen-bond acceptors (Lipinski definition) is 4. The molecule has 2 atom stereocenters. The molecule has 0 bridgehead atoms. The monoisotopic (exact) mass is 371 g/mol. The van der Waals surface area contributed by atoms with Gasteiger partial charge in [-0.3, -0.25) is 4.79 Å². The Morgan fingerprint density at radius 2 is 2.12 bits per heavy atom. The van der Waals surface area contributed by atoms with Crippen LogP contribution in [0.15, 0.2) is 23.9 Å². The zero-order valence-corrected chi connectivity index (χ0v) is 14.3. The molecule has 1 fully saturated rings. The van der Waals surface area contributed by atoms with Crippen molar-refractivity contribution in [1.29, 1.82) is 0 Å². The van der Waals surface area contributed by atoms with Gasteiger partial charge in [0.25, 0.3) is 0 Å². The lowest BCUT2D eigenvalue weighted by Gasteiger charge is -2.30. The largest absolute Gasteiger partial charge is 0.496 e. The Balaban J connectivity index is 2.01. The molecule has 2 N–H and O–H groups in total. The van der Waals surface area contributed by atoms with Crippen LogP contribution >= 0.6 is 23.2 Å². The van der Waals surface area contributed by atoms with Crippen molar-refractivity contribution in [3.8, 4) is 5.75 Å². The van der Waals surface area contributed by atoms with Gasteiger partial charge in [-0.15, -0.1) is 0 Å². The van der Waals surface area contributed by atoms with Crippen molar-refractivity contribution in [3.05, 3.63) is 39.5 Å². The first-order valence-corrected chi connectivity index (χ1v) is 8.02. The van der Waals surface area contributed by atoms with E-state index in [1.807, 2.05) is 0 Å². The summed E-state index contributed by atoms with van der Waals surface area (Å²) in [7, 11) is 1.51. The number of nitrogens with zero attached hydrogens (tertiary/aromatic N) is 1. The minimum atomic E-state index is -2.17. The number of amides is 1. The van der Waals surface area contributed by atoms with Crippen LogP contribution < -0.4 is 4.74 Å². The minimum Gasteiger partial charge on any atom is -0.496 e. The van der Waals surface area contributed by atoms with E-state index >= 15 is 0 Å². The van der Waals surface area contributed by atoms with Gasteiger partial charge in [0.1, 0.15) is 5.75 Å². The van der Waals surface area contributed by atoms with Crippen LogP contribution in [0.25, 0.3) is 0 Å². The fourth-order valence-corrected chi connectivity index (χ4v) is 3.73. The molecule has 1 aromatic rings. The van der Waals surface area contributed by atoms with Gasteiger partial charge >= 0.3 is 5.97 Å². The molecular formula is C16H15Cl2NO5. The van der Waals surface area contributed by atoms with Crippen LogP contribution in [0.3, 0.4) is 0 Å². The smallest absolute Gasteiger partial charge is 0.340 e. The Bertz CT molecular complexity index is 763. The molecule has 1 amide bonds. The van der Waals surface area contributed by atoms with Crippen molar-refractivity contribution < 1.29 is 24.5 Å². The highest BCUT2D eigenvalue weighted by Crippen LogP contribution is 2.46. The molecule has 8 heteroatoms. The summed E-state index contributed by atoms with van der Waals surface area (Å²) < 4.78 is 5.34. The van der Waals surface area contributed by atoms with Gasteiger partial charge in [-0.05, 0) is 24.6 Å². The molecule has 1 saturated heterocycles. The number of methoxy groups -OCH3 is 1. The number of carbonyl (C=O) groups excluding carboxylic acids is 1. The summed E-state index contributed by atoms with van der Waals surface area (Å²) in [4.78, 5) is 25.0. The quantitative estimate of drug-likeness (QED) is 0.851. The van der Waals surface area contributed by atoms with Crippen molar-refractivity contribution in [2.45, 2.75) is 24.4 Å². The second kappa shape index (κ2) is 5.95. The molecule has 1 aromatic carbocycles. The lowest BCUT2D eigenvalue weighted by atomic mass is 9.92. The maximum Gasteiger partial charge on any atom is 0.340 e. The van der Waals surface area contributed by atoms with E-state index < -0.39 is 23.9 Å². The highest BCUT2D eigenvalue weighted by molar-refractivity contribution is 6.42. The van der Waals surface area contributed by atoms with E-state index in [2.05, 4.69) is 0 Å². The van der Waals surface area contributed by atoms with Gasteiger partial charge in [0.15, 0.2) is 5.60 Å². The standard InChI is InChI=1S/C16H15Cl2NO5/c1-24-11-3-2-10(17)14(18)13(11)8-4-9-5-16(23,15(21)22)6-12(20)19(9)7-8/h2-3,5,8,23H,4,6-7H2,1H3,(H,21,22)/t8-,16?/m0/s1. The van der Waals surface area contributed by atoms with Crippen molar-refractivity contribution >= 4 is 35.1 Å². The molecular weight excluding hydrogens is 357 g/mol. The minimum absolute atomic E-state index is 0.197. The third-order valence-electron chi connectivity index (χ3n) is 4.42. The predicted octanol–water partition coefficient (Wildman–Crippen LogP) is 2.42. The Morgan fingerprint density at radius 3 is 2.75 bits per heavy atom. The summed E-state index contributed by atoms with van der Waals surface area (Å²) in [6, 6.07) is 3.33. The first-order valence-electron chi connectivity index (χ1n) is 7.26. The van der Waals surface area contributed by atoms with Gasteiger partial charge in [0, 0.05) is 23.7 Å². The summed E-state index contributed by atoms with van der Waals surface area (Å²) in [5.41, 5.74) is -1.02. The summed E-state index contributed by atoms with van der Waals surface area (Å²) in [6.45, 7) is 0.330. The number of ether oxygens (including phenoxy) is 1. The number of carboxylic acid groups (broad SMARTS) is 1. The van der Waals surface area contributed by atoms with Crippen molar-refractivity contribution in [2.24, 2.45) is 0 Å². The summed E-state index contributed by atoms with van der Waals surface area (Å²) in [5.74, 6) is -1.52. The molecule has 2 aliphatic heterocycles. The molecule has 6 nitrogen and oxygen atoms in total. The van der Waals surface area contributed by atoms with Gasteiger partial charge in [-0.25, -0.2) is 4.79 Å².